The van der Waals surface area contributed by atoms with Gasteiger partial charge in [-0.1, -0.05) is 0 Å². The number of nitrogens with one attached hydrogen (secondary N) is 1. The van der Waals surface area contributed by atoms with Gasteiger partial charge in [0, 0.05) is 13.1 Å². The molecule has 0 spiro atoms. The monoisotopic (exact) mass is 405 g/mol. The quantitative estimate of drug-likeness (QED) is 0.154. The van der Waals surface area contributed by atoms with Gasteiger partial charge in [-0.2, -0.15) is 10.1 Å². The Morgan fingerprint density at radius 2 is 2.11 bits per heavy atom. The number of ether oxygens (including phenoxy) is 1. The second-order valence-electron chi connectivity index (χ2n) is 5.67. The molecule has 3 rings (SSSR count). The lowest BCUT2D eigenvalue weighted by atomic mass is 10.1. The molecule has 150 valence electrons. The molecule has 1 saturated heterocycles. The zero-order chi connectivity index (χ0) is 19.6. The van der Waals surface area contributed by atoms with Gasteiger partial charge in [0.2, 0.25) is 0 Å². The van der Waals surface area contributed by atoms with Crippen LogP contribution in [0.1, 0.15) is 6.23 Å². The van der Waals surface area contributed by atoms with Crippen LogP contribution >= 0.6 is 7.82 Å². The highest BCUT2D eigenvalue weighted by Gasteiger charge is 2.45. The van der Waals surface area contributed by atoms with E-state index in [9.17, 15) is 19.7 Å². The van der Waals surface area contributed by atoms with Crippen molar-refractivity contribution in [2.45, 2.75) is 24.5 Å². The summed E-state index contributed by atoms with van der Waals surface area (Å²) in [5.74, 6) is 0.148. The molecular formula is C12H20N7O7P. The lowest BCUT2D eigenvalue weighted by molar-refractivity contribution is -0.0528. The highest BCUT2D eigenvalue weighted by atomic mass is 31.2. The summed E-state index contributed by atoms with van der Waals surface area (Å²) in [5, 5.41) is 20.5. The predicted molar refractivity (Wildman–Crippen MR) is 89.6 cm³/mol. The zero-order valence-electron chi connectivity index (χ0n) is 14.0. The first-order chi connectivity index (χ1) is 12.8. The van der Waals surface area contributed by atoms with E-state index in [1.165, 1.54) is 17.2 Å². The van der Waals surface area contributed by atoms with E-state index in [2.05, 4.69) is 25.1 Å². The molecule has 5 atom stereocenters. The van der Waals surface area contributed by atoms with E-state index in [4.69, 9.17) is 20.7 Å². The van der Waals surface area contributed by atoms with Gasteiger partial charge in [-0.25, -0.2) is 19.5 Å². The van der Waals surface area contributed by atoms with E-state index >= 15 is 0 Å². The Kier molecular flexibility index (Phi) is 6.00. The van der Waals surface area contributed by atoms with Crippen LogP contribution in [0.3, 0.4) is 0 Å². The first-order valence-electron chi connectivity index (χ1n) is 7.87. The van der Waals surface area contributed by atoms with Gasteiger partial charge in [-0.15, -0.1) is 0 Å². The molecular weight excluding hydrogens is 385 g/mol. The minimum atomic E-state index is -4.44. The van der Waals surface area contributed by atoms with Crippen LogP contribution in [-0.2, 0) is 18.5 Å². The summed E-state index contributed by atoms with van der Waals surface area (Å²) >= 11 is 0. The predicted octanol–water partition coefficient (Wildman–Crippen LogP) is -2.38. The third kappa shape index (κ3) is 4.24. The fraction of sp³-hybridized carbons (Fsp3) is 0.583. The first-order valence-corrected chi connectivity index (χ1v) is 9.37. The first kappa shape index (κ1) is 20.0. The number of aromatic nitrogens is 4. The third-order valence-corrected chi connectivity index (χ3v) is 4.66. The lowest BCUT2D eigenvalue weighted by Gasteiger charge is -2.17. The number of nitrogen functional groups attached to an aromatic ring is 1. The molecule has 1 aliphatic heterocycles. The minimum Gasteiger partial charge on any atom is -0.387 e. The average Bonchev–Trinajstić information content (AvgIpc) is 3.17. The van der Waals surface area contributed by atoms with E-state index in [1.54, 1.807) is 0 Å². The molecule has 0 aliphatic carbocycles. The summed E-state index contributed by atoms with van der Waals surface area (Å²) in [6, 6.07) is 0. The van der Waals surface area contributed by atoms with E-state index in [0.29, 0.717) is 11.2 Å². The molecule has 1 aliphatic rings. The topological polar surface area (TPSA) is 213 Å². The molecule has 2 aromatic rings. The number of anilines is 1. The third-order valence-electron chi connectivity index (χ3n) is 3.83. The average molecular weight is 405 g/mol. The largest absolute Gasteiger partial charge is 0.488 e. The standard InChI is InChI=1S/C12H20N7O7P/c13-1-2-18-26-27(22,23)24-3-6-8(20)9(21)12(25-6)19-5-17-7-10(14)15-4-16-11(7)19/h4-6,8-9,12,18,20-21H,1-3,13H2,(H,22,23)(H2,14,15,16). The van der Waals surface area contributed by atoms with E-state index in [0.717, 1.165) is 0 Å². The second kappa shape index (κ2) is 8.10. The van der Waals surface area contributed by atoms with Crippen molar-refractivity contribution in [3.63, 3.8) is 0 Å². The van der Waals surface area contributed by atoms with Gasteiger partial charge in [0.1, 0.15) is 30.2 Å². The molecule has 27 heavy (non-hydrogen) atoms. The summed E-state index contributed by atoms with van der Waals surface area (Å²) in [5.41, 5.74) is 13.7. The van der Waals surface area contributed by atoms with Gasteiger partial charge < -0.3 is 31.3 Å². The molecule has 0 amide bonds. The number of phosphoric ester groups is 1. The zero-order valence-corrected chi connectivity index (χ0v) is 14.8. The van der Waals surface area contributed by atoms with Crippen molar-refractivity contribution in [1.82, 2.24) is 25.0 Å². The van der Waals surface area contributed by atoms with Crippen molar-refractivity contribution >= 4 is 24.8 Å². The highest BCUT2D eigenvalue weighted by Crippen LogP contribution is 2.43. The maximum atomic E-state index is 11.7. The molecule has 1 fully saturated rings. The van der Waals surface area contributed by atoms with E-state index in [-0.39, 0.29) is 18.9 Å². The number of nitrogens with zero attached hydrogens (tertiary/aromatic N) is 4. The Labute approximate surface area is 152 Å². The highest BCUT2D eigenvalue weighted by molar-refractivity contribution is 7.47. The molecule has 2 aromatic heterocycles. The number of hydroxylamine groups is 1. The molecule has 5 unspecified atom stereocenters. The number of nitrogens with two attached hydrogens (primary N) is 2. The Bertz CT molecular complexity index is 836. The number of aliphatic hydroxyl groups excluding tert-OH is 2. The van der Waals surface area contributed by atoms with E-state index < -0.39 is 39.0 Å². The molecule has 8 N–H and O–H groups in total. The number of rotatable bonds is 8. The smallest absolute Gasteiger partial charge is 0.387 e. The van der Waals surface area contributed by atoms with Crippen LogP contribution in [-0.4, -0.2) is 72.6 Å². The molecule has 14 nitrogen and oxygen atoms in total. The Balaban J connectivity index is 1.68. The number of hydrogen-bond donors (Lipinski definition) is 6. The fourth-order valence-corrected chi connectivity index (χ4v) is 3.18. The van der Waals surface area contributed by atoms with Crippen molar-refractivity contribution in [2.75, 3.05) is 25.4 Å². The van der Waals surface area contributed by atoms with Crippen molar-refractivity contribution in [3.05, 3.63) is 12.7 Å². The van der Waals surface area contributed by atoms with Crippen LogP contribution in [0.2, 0.25) is 0 Å². The molecule has 0 bridgehead atoms. The van der Waals surface area contributed by atoms with Crippen LogP contribution in [0.25, 0.3) is 11.2 Å². The Hall–Kier alpha value is -1.74. The second-order valence-corrected chi connectivity index (χ2v) is 7.05. The van der Waals surface area contributed by atoms with Crippen LogP contribution < -0.4 is 16.9 Å². The molecule has 0 saturated carbocycles. The van der Waals surface area contributed by atoms with Crippen molar-refractivity contribution in [1.29, 1.82) is 0 Å². The number of imidazole rings is 1. The van der Waals surface area contributed by atoms with Gasteiger partial charge in [0.25, 0.3) is 0 Å². The van der Waals surface area contributed by atoms with Crippen molar-refractivity contribution in [2.24, 2.45) is 5.73 Å². The molecule has 15 heteroatoms. The minimum absolute atomic E-state index is 0.135. The normalized spacial score (nSPS) is 27.9. The Morgan fingerprint density at radius 1 is 1.33 bits per heavy atom. The SMILES string of the molecule is NCCNOP(=O)(O)OCC1OC(n2cnc3c(N)ncnc32)C(O)C1O. The maximum absolute atomic E-state index is 11.7. The van der Waals surface area contributed by atoms with Crippen molar-refractivity contribution < 1.29 is 33.6 Å². The number of aliphatic hydroxyl groups is 2. The summed E-state index contributed by atoms with van der Waals surface area (Å²) in [7, 11) is -4.44. The van der Waals surface area contributed by atoms with Gasteiger partial charge in [0.05, 0.1) is 12.9 Å². The lowest BCUT2D eigenvalue weighted by Crippen LogP contribution is -2.33. The number of fused-ring (bicyclic) bond motifs is 1. The maximum Gasteiger partial charge on any atom is 0.488 e. The summed E-state index contributed by atoms with van der Waals surface area (Å²) in [4.78, 5) is 21.5. The van der Waals surface area contributed by atoms with Gasteiger partial charge in [0.15, 0.2) is 17.7 Å². The van der Waals surface area contributed by atoms with Gasteiger partial charge >= 0.3 is 7.82 Å². The van der Waals surface area contributed by atoms with Crippen LogP contribution in [0.5, 0.6) is 0 Å². The van der Waals surface area contributed by atoms with Crippen LogP contribution in [0.15, 0.2) is 12.7 Å². The number of hydrogen-bond acceptors (Lipinski definition) is 12. The summed E-state index contributed by atoms with van der Waals surface area (Å²) in [6.07, 6.45) is -2.40. The number of phosphoric acid groups is 1. The van der Waals surface area contributed by atoms with Crippen molar-refractivity contribution in [3.8, 4) is 0 Å². The summed E-state index contributed by atoms with van der Waals surface area (Å²) in [6.45, 7) is -0.197. The van der Waals surface area contributed by atoms with Gasteiger partial charge in [-0.05, 0) is 0 Å². The van der Waals surface area contributed by atoms with Crippen LogP contribution in [0.4, 0.5) is 5.82 Å². The molecule has 0 aromatic carbocycles. The van der Waals surface area contributed by atoms with Crippen LogP contribution in [0, 0.1) is 0 Å². The molecule has 3 heterocycles. The molecule has 0 radical (unpaired) electrons. The Morgan fingerprint density at radius 3 is 2.85 bits per heavy atom. The summed E-state index contributed by atoms with van der Waals surface area (Å²) < 4.78 is 27.9. The fourth-order valence-electron chi connectivity index (χ4n) is 2.53. The van der Waals surface area contributed by atoms with Gasteiger partial charge in [-0.3, -0.25) is 9.09 Å². The van der Waals surface area contributed by atoms with E-state index in [1.807, 2.05) is 0 Å².